The molecule has 0 bridgehead atoms. The minimum atomic E-state index is -0.0264. The van der Waals surface area contributed by atoms with E-state index >= 15 is 0 Å². The number of amides is 1. The molecular weight excluding hydrogens is 375 g/mol. The molecule has 2 aromatic heterocycles. The van der Waals surface area contributed by atoms with Crippen molar-refractivity contribution in [1.29, 1.82) is 0 Å². The van der Waals surface area contributed by atoms with Gasteiger partial charge < -0.3 is 10.2 Å². The molecule has 0 spiro atoms. The van der Waals surface area contributed by atoms with Crippen LogP contribution in [0.1, 0.15) is 13.3 Å². The highest BCUT2D eigenvalue weighted by atomic mass is 35.5. The summed E-state index contributed by atoms with van der Waals surface area (Å²) in [5.41, 5.74) is 1.37. The van der Waals surface area contributed by atoms with Crippen LogP contribution in [0.5, 0.6) is 0 Å². The van der Waals surface area contributed by atoms with Crippen LogP contribution < -0.4 is 10.2 Å². The SMILES string of the molecule is CC(=O)NCCCN(C)c1ccc2nnc(-c3cc(Cl)cc(Cl)c3)n2n1. The van der Waals surface area contributed by atoms with Gasteiger partial charge in [0.05, 0.1) is 0 Å². The largest absolute Gasteiger partial charge is 0.358 e. The molecule has 26 heavy (non-hydrogen) atoms. The van der Waals surface area contributed by atoms with Crippen molar-refractivity contribution in [2.24, 2.45) is 0 Å². The summed E-state index contributed by atoms with van der Waals surface area (Å²) in [6, 6.07) is 8.95. The van der Waals surface area contributed by atoms with Crippen molar-refractivity contribution in [3.8, 4) is 11.4 Å². The van der Waals surface area contributed by atoms with Crippen molar-refractivity contribution in [3.05, 3.63) is 40.4 Å². The summed E-state index contributed by atoms with van der Waals surface area (Å²) >= 11 is 12.2. The highest BCUT2D eigenvalue weighted by Gasteiger charge is 2.13. The molecule has 0 unspecified atom stereocenters. The van der Waals surface area contributed by atoms with Crippen molar-refractivity contribution in [2.75, 3.05) is 25.0 Å². The molecule has 1 aromatic carbocycles. The minimum Gasteiger partial charge on any atom is -0.358 e. The van der Waals surface area contributed by atoms with E-state index in [1.165, 1.54) is 6.92 Å². The van der Waals surface area contributed by atoms with Crippen molar-refractivity contribution < 1.29 is 4.79 Å². The van der Waals surface area contributed by atoms with E-state index in [4.69, 9.17) is 23.2 Å². The van der Waals surface area contributed by atoms with Gasteiger partial charge in [-0.3, -0.25) is 4.79 Å². The number of anilines is 1. The molecule has 3 aromatic rings. The molecule has 0 fully saturated rings. The van der Waals surface area contributed by atoms with Gasteiger partial charge in [0.2, 0.25) is 5.91 Å². The fourth-order valence-corrected chi connectivity index (χ4v) is 3.07. The second-order valence-electron chi connectivity index (χ2n) is 5.90. The number of halogens is 2. The van der Waals surface area contributed by atoms with Gasteiger partial charge in [-0.05, 0) is 36.8 Å². The maximum Gasteiger partial charge on any atom is 0.216 e. The zero-order valence-corrected chi connectivity index (χ0v) is 15.9. The first-order valence-corrected chi connectivity index (χ1v) is 8.84. The molecule has 0 atom stereocenters. The minimum absolute atomic E-state index is 0.0264. The first-order chi connectivity index (χ1) is 12.4. The number of fused-ring (bicyclic) bond motifs is 1. The number of carbonyl (C=O) groups is 1. The van der Waals surface area contributed by atoms with E-state index in [-0.39, 0.29) is 5.91 Å². The smallest absolute Gasteiger partial charge is 0.216 e. The third-order valence-electron chi connectivity index (χ3n) is 3.80. The van der Waals surface area contributed by atoms with Crippen LogP contribution in [0.3, 0.4) is 0 Å². The molecule has 136 valence electrons. The lowest BCUT2D eigenvalue weighted by Gasteiger charge is -2.18. The Morgan fingerprint density at radius 1 is 1.19 bits per heavy atom. The standard InChI is InChI=1S/C17H18Cl2N6O/c1-11(26)20-6-3-7-24(2)16-5-4-15-21-22-17(25(15)23-16)12-8-13(18)10-14(19)9-12/h4-5,8-10H,3,6-7H2,1-2H3,(H,20,26). The molecule has 7 nitrogen and oxygen atoms in total. The Morgan fingerprint density at radius 3 is 2.62 bits per heavy atom. The fraction of sp³-hybridized carbons (Fsp3) is 0.294. The van der Waals surface area contributed by atoms with E-state index in [0.717, 1.165) is 24.3 Å². The Bertz CT molecular complexity index is 922. The Hall–Kier alpha value is -2.38. The summed E-state index contributed by atoms with van der Waals surface area (Å²) in [6.45, 7) is 2.88. The maximum atomic E-state index is 10.9. The normalized spacial score (nSPS) is 10.9. The summed E-state index contributed by atoms with van der Waals surface area (Å²) in [4.78, 5) is 12.9. The van der Waals surface area contributed by atoms with Crippen LogP contribution in [0.15, 0.2) is 30.3 Å². The average molecular weight is 393 g/mol. The van der Waals surface area contributed by atoms with Crippen LogP contribution in [-0.4, -0.2) is 45.9 Å². The number of carbonyl (C=O) groups excluding carboxylic acids is 1. The predicted octanol–water partition coefficient (Wildman–Crippen LogP) is 3.06. The Morgan fingerprint density at radius 2 is 1.92 bits per heavy atom. The number of nitrogens with one attached hydrogen (secondary N) is 1. The van der Waals surface area contributed by atoms with Crippen LogP contribution in [-0.2, 0) is 4.79 Å². The molecule has 1 amide bonds. The van der Waals surface area contributed by atoms with Gasteiger partial charge in [0.15, 0.2) is 11.5 Å². The van der Waals surface area contributed by atoms with Crippen LogP contribution in [0.25, 0.3) is 17.0 Å². The van der Waals surface area contributed by atoms with Crippen molar-refractivity contribution in [3.63, 3.8) is 0 Å². The highest BCUT2D eigenvalue weighted by Crippen LogP contribution is 2.26. The van der Waals surface area contributed by atoms with E-state index in [1.807, 2.05) is 24.1 Å². The highest BCUT2D eigenvalue weighted by molar-refractivity contribution is 6.35. The average Bonchev–Trinajstić information content (AvgIpc) is 3.00. The molecule has 1 N–H and O–H groups in total. The number of rotatable bonds is 6. The van der Waals surface area contributed by atoms with Gasteiger partial charge in [-0.2, -0.15) is 4.52 Å². The van der Waals surface area contributed by atoms with Gasteiger partial charge in [-0.1, -0.05) is 23.2 Å². The van der Waals surface area contributed by atoms with Crippen LogP contribution in [0.4, 0.5) is 5.82 Å². The lowest BCUT2D eigenvalue weighted by atomic mass is 10.2. The number of hydrogen-bond acceptors (Lipinski definition) is 5. The van der Waals surface area contributed by atoms with Crippen molar-refractivity contribution >= 4 is 40.6 Å². The predicted molar refractivity (Wildman–Crippen MR) is 103 cm³/mol. The van der Waals surface area contributed by atoms with E-state index < -0.39 is 0 Å². The zero-order valence-electron chi connectivity index (χ0n) is 14.4. The molecule has 0 saturated heterocycles. The van der Waals surface area contributed by atoms with Crippen molar-refractivity contribution in [2.45, 2.75) is 13.3 Å². The lowest BCUT2D eigenvalue weighted by Crippen LogP contribution is -2.27. The Balaban J connectivity index is 1.84. The first-order valence-electron chi connectivity index (χ1n) is 8.08. The van der Waals surface area contributed by atoms with Gasteiger partial charge in [0, 0.05) is 42.7 Å². The molecule has 0 aliphatic heterocycles. The quantitative estimate of drug-likeness (QED) is 0.652. The number of benzene rings is 1. The molecule has 0 aliphatic carbocycles. The second kappa shape index (κ2) is 7.88. The van der Waals surface area contributed by atoms with E-state index in [9.17, 15) is 4.79 Å². The number of hydrogen-bond donors (Lipinski definition) is 1. The maximum absolute atomic E-state index is 10.9. The molecule has 3 rings (SSSR count). The zero-order chi connectivity index (χ0) is 18.7. The first kappa shape index (κ1) is 18.4. The molecule has 9 heteroatoms. The molecule has 2 heterocycles. The topological polar surface area (TPSA) is 75.4 Å². The summed E-state index contributed by atoms with van der Waals surface area (Å²) in [5.74, 6) is 1.31. The van der Waals surface area contributed by atoms with Crippen molar-refractivity contribution in [1.82, 2.24) is 25.1 Å². The van der Waals surface area contributed by atoms with Crippen LogP contribution >= 0.6 is 23.2 Å². The number of aromatic nitrogens is 4. The third-order valence-corrected chi connectivity index (χ3v) is 4.24. The van der Waals surface area contributed by atoms with Gasteiger partial charge in [-0.15, -0.1) is 15.3 Å². The van der Waals surface area contributed by atoms with Gasteiger partial charge in [0.25, 0.3) is 0 Å². The second-order valence-corrected chi connectivity index (χ2v) is 6.77. The molecule has 0 saturated carbocycles. The fourth-order valence-electron chi connectivity index (χ4n) is 2.54. The van der Waals surface area contributed by atoms with Gasteiger partial charge in [0.1, 0.15) is 5.82 Å². The van der Waals surface area contributed by atoms with E-state index in [1.54, 1.807) is 22.7 Å². The summed E-state index contributed by atoms with van der Waals surface area (Å²) in [6.07, 6.45) is 0.814. The number of nitrogens with zero attached hydrogens (tertiary/aromatic N) is 5. The Kier molecular flexibility index (Phi) is 5.58. The third kappa shape index (κ3) is 4.23. The van der Waals surface area contributed by atoms with Gasteiger partial charge in [-0.25, -0.2) is 0 Å². The lowest BCUT2D eigenvalue weighted by molar-refractivity contribution is -0.118. The molecule has 0 radical (unpaired) electrons. The van der Waals surface area contributed by atoms with E-state index in [0.29, 0.717) is 28.1 Å². The summed E-state index contributed by atoms with van der Waals surface area (Å²) in [5, 5.41) is 16.8. The van der Waals surface area contributed by atoms with Gasteiger partial charge >= 0.3 is 0 Å². The van der Waals surface area contributed by atoms with Crippen LogP contribution in [0, 0.1) is 0 Å². The molecular formula is C17H18Cl2N6O. The van der Waals surface area contributed by atoms with E-state index in [2.05, 4.69) is 20.6 Å². The summed E-state index contributed by atoms with van der Waals surface area (Å²) in [7, 11) is 1.95. The Labute approximate surface area is 160 Å². The molecule has 0 aliphatic rings. The summed E-state index contributed by atoms with van der Waals surface area (Å²) < 4.78 is 1.67. The monoisotopic (exact) mass is 392 g/mol. The van der Waals surface area contributed by atoms with Crippen LogP contribution in [0.2, 0.25) is 10.0 Å².